The molecule has 1 aromatic rings. The average molecular weight is 267 g/mol. The van der Waals surface area contributed by atoms with Gasteiger partial charge < -0.3 is 16.0 Å². The third kappa shape index (κ3) is 2.59. The zero-order chi connectivity index (χ0) is 13.1. The van der Waals surface area contributed by atoms with Crippen molar-refractivity contribution in [3.05, 3.63) is 30.1 Å². The maximum atomic E-state index is 13.5. The predicted octanol–water partition coefficient (Wildman–Crippen LogP) is 1.47. The van der Waals surface area contributed by atoms with E-state index in [1.54, 1.807) is 23.1 Å². The molecule has 3 N–H and O–H groups in total. The lowest BCUT2D eigenvalue weighted by molar-refractivity contribution is -0.121. The second-order valence-electron chi connectivity index (χ2n) is 4.16. The third-order valence-electron chi connectivity index (χ3n) is 2.96. The van der Waals surface area contributed by atoms with Gasteiger partial charge in [-0.05, 0) is 37.2 Å². The molecule has 0 saturated carbocycles. The van der Waals surface area contributed by atoms with E-state index < -0.39 is 11.9 Å². The summed E-state index contributed by atoms with van der Waals surface area (Å²) in [5.41, 5.74) is 5.61. The van der Waals surface area contributed by atoms with Crippen LogP contribution in [0.5, 0.6) is 0 Å². The van der Waals surface area contributed by atoms with E-state index in [2.05, 4.69) is 5.32 Å². The van der Waals surface area contributed by atoms with Crippen LogP contribution < -0.4 is 11.1 Å². The largest absolute Gasteiger partial charge is 0.368 e. The Hall–Kier alpha value is -1.69. The second kappa shape index (κ2) is 5.30. The number of halogens is 1. The summed E-state index contributed by atoms with van der Waals surface area (Å²) in [6.45, 7) is 0.661. The van der Waals surface area contributed by atoms with E-state index in [1.165, 1.54) is 6.07 Å². The van der Waals surface area contributed by atoms with Gasteiger partial charge in [-0.15, -0.1) is 0 Å². The van der Waals surface area contributed by atoms with Crippen LogP contribution in [0.1, 0.15) is 12.8 Å². The Morgan fingerprint density at radius 2 is 2.22 bits per heavy atom. The van der Waals surface area contributed by atoms with E-state index in [0.717, 1.165) is 6.42 Å². The number of primary amides is 1. The summed E-state index contributed by atoms with van der Waals surface area (Å²) >= 11 is 5.19. The van der Waals surface area contributed by atoms with Crippen molar-refractivity contribution in [3.63, 3.8) is 0 Å². The molecule has 1 saturated heterocycles. The fourth-order valence-electron chi connectivity index (χ4n) is 2.06. The zero-order valence-electron chi connectivity index (χ0n) is 9.73. The second-order valence-corrected chi connectivity index (χ2v) is 4.55. The van der Waals surface area contributed by atoms with Crippen LogP contribution in [0, 0.1) is 5.82 Å². The molecular weight excluding hydrogens is 253 g/mol. The van der Waals surface area contributed by atoms with Crippen LogP contribution in [-0.4, -0.2) is 28.5 Å². The molecule has 0 spiro atoms. The zero-order valence-corrected chi connectivity index (χ0v) is 10.5. The van der Waals surface area contributed by atoms with Gasteiger partial charge in [0, 0.05) is 6.54 Å². The van der Waals surface area contributed by atoms with E-state index in [-0.39, 0.29) is 5.82 Å². The highest BCUT2D eigenvalue weighted by molar-refractivity contribution is 7.80. The van der Waals surface area contributed by atoms with Crippen LogP contribution in [0.25, 0.3) is 0 Å². The van der Waals surface area contributed by atoms with Gasteiger partial charge >= 0.3 is 0 Å². The molecule has 4 nitrogen and oxygen atoms in total. The molecule has 1 aliphatic rings. The van der Waals surface area contributed by atoms with E-state index >= 15 is 0 Å². The van der Waals surface area contributed by atoms with Gasteiger partial charge in [-0.2, -0.15) is 0 Å². The summed E-state index contributed by atoms with van der Waals surface area (Å²) < 4.78 is 13.5. The first kappa shape index (κ1) is 12.8. The summed E-state index contributed by atoms with van der Waals surface area (Å²) in [7, 11) is 0. The predicted molar refractivity (Wildman–Crippen MR) is 71.5 cm³/mol. The molecule has 6 heteroatoms. The molecule has 0 aromatic heterocycles. The number of carbonyl (C=O) groups excluding carboxylic acids is 1. The number of thiocarbonyl (C=S) groups is 1. The summed E-state index contributed by atoms with van der Waals surface area (Å²) in [6, 6.07) is 5.86. The van der Waals surface area contributed by atoms with E-state index in [1.807, 2.05) is 0 Å². The van der Waals surface area contributed by atoms with Gasteiger partial charge in [0.15, 0.2) is 5.11 Å². The number of hydrogen-bond acceptors (Lipinski definition) is 2. The summed E-state index contributed by atoms with van der Waals surface area (Å²) in [5.74, 6) is -0.778. The molecular formula is C12H14FN3OS. The number of rotatable bonds is 2. The number of anilines is 1. The Kier molecular flexibility index (Phi) is 3.76. The number of benzene rings is 1. The smallest absolute Gasteiger partial charge is 0.240 e. The maximum Gasteiger partial charge on any atom is 0.240 e. The van der Waals surface area contributed by atoms with Crippen LogP contribution in [0.15, 0.2) is 24.3 Å². The minimum atomic E-state index is -0.398. The molecule has 18 heavy (non-hydrogen) atoms. The van der Waals surface area contributed by atoms with Crippen LogP contribution in [0.3, 0.4) is 0 Å². The van der Waals surface area contributed by atoms with Gasteiger partial charge in [0.25, 0.3) is 0 Å². The number of amides is 1. The van der Waals surface area contributed by atoms with Crippen molar-refractivity contribution in [2.45, 2.75) is 18.9 Å². The first-order valence-corrected chi connectivity index (χ1v) is 6.12. The van der Waals surface area contributed by atoms with E-state index in [4.69, 9.17) is 18.0 Å². The van der Waals surface area contributed by atoms with Crippen LogP contribution in [0.4, 0.5) is 10.1 Å². The lowest BCUT2D eigenvalue weighted by Crippen LogP contribution is -2.45. The third-order valence-corrected chi connectivity index (χ3v) is 3.29. The maximum absolute atomic E-state index is 13.5. The van der Waals surface area contributed by atoms with Gasteiger partial charge in [0.2, 0.25) is 5.91 Å². The molecule has 1 aliphatic heterocycles. The number of likely N-dealkylation sites (tertiary alicyclic amines) is 1. The number of hydrogen-bond donors (Lipinski definition) is 2. The molecule has 0 bridgehead atoms. The number of carbonyl (C=O) groups is 1. The average Bonchev–Trinajstić information content (AvgIpc) is 2.81. The number of nitrogens with zero attached hydrogens (tertiary/aromatic N) is 1. The Bertz CT molecular complexity index is 480. The molecule has 1 amide bonds. The summed E-state index contributed by atoms with van der Waals surface area (Å²) in [6.07, 6.45) is 1.54. The van der Waals surface area contributed by atoms with Gasteiger partial charge in [-0.1, -0.05) is 12.1 Å². The minimum absolute atomic E-state index is 0.303. The molecule has 1 heterocycles. The SMILES string of the molecule is NC(=O)[C@@H]1CCCN1C(=S)Nc1ccccc1F. The van der Waals surface area contributed by atoms with Crippen LogP contribution in [-0.2, 0) is 4.79 Å². The molecule has 0 unspecified atom stereocenters. The quantitative estimate of drug-likeness (QED) is 0.797. The Labute approximate surface area is 110 Å². The van der Waals surface area contributed by atoms with Crippen molar-refractivity contribution in [1.29, 1.82) is 0 Å². The van der Waals surface area contributed by atoms with Crippen molar-refractivity contribution in [2.24, 2.45) is 5.73 Å². The number of nitrogens with one attached hydrogen (secondary N) is 1. The van der Waals surface area contributed by atoms with Crippen molar-refractivity contribution < 1.29 is 9.18 Å². The molecule has 1 atom stereocenters. The minimum Gasteiger partial charge on any atom is -0.368 e. The lowest BCUT2D eigenvalue weighted by Gasteiger charge is -2.25. The first-order chi connectivity index (χ1) is 8.59. The standard InChI is InChI=1S/C12H14FN3OS/c13-8-4-1-2-5-9(8)15-12(18)16-7-3-6-10(16)11(14)17/h1-2,4-5,10H,3,6-7H2,(H2,14,17)(H,15,18)/t10-/m0/s1. The lowest BCUT2D eigenvalue weighted by atomic mass is 10.2. The molecule has 0 radical (unpaired) electrons. The normalized spacial score (nSPS) is 18.7. The van der Waals surface area contributed by atoms with Gasteiger partial charge in [-0.25, -0.2) is 4.39 Å². The Balaban J connectivity index is 2.08. The molecule has 1 fully saturated rings. The van der Waals surface area contributed by atoms with Gasteiger partial charge in [0.05, 0.1) is 5.69 Å². The molecule has 2 rings (SSSR count). The van der Waals surface area contributed by atoms with Crippen LogP contribution >= 0.6 is 12.2 Å². The number of para-hydroxylation sites is 1. The highest BCUT2D eigenvalue weighted by Gasteiger charge is 2.30. The highest BCUT2D eigenvalue weighted by atomic mass is 32.1. The monoisotopic (exact) mass is 267 g/mol. The summed E-state index contributed by atoms with van der Waals surface area (Å²) in [5, 5.41) is 3.15. The Morgan fingerprint density at radius 1 is 1.50 bits per heavy atom. The van der Waals surface area contributed by atoms with Crippen molar-refractivity contribution in [1.82, 2.24) is 4.90 Å². The molecule has 1 aromatic carbocycles. The van der Waals surface area contributed by atoms with Gasteiger partial charge in [-0.3, -0.25) is 4.79 Å². The number of nitrogens with two attached hydrogens (primary N) is 1. The van der Waals surface area contributed by atoms with E-state index in [9.17, 15) is 9.18 Å². The first-order valence-electron chi connectivity index (χ1n) is 5.71. The van der Waals surface area contributed by atoms with Crippen molar-refractivity contribution >= 4 is 28.9 Å². The topological polar surface area (TPSA) is 58.4 Å². The Morgan fingerprint density at radius 3 is 2.89 bits per heavy atom. The molecule has 96 valence electrons. The fourth-order valence-corrected chi connectivity index (χ4v) is 2.38. The van der Waals surface area contributed by atoms with E-state index in [0.29, 0.717) is 23.8 Å². The van der Waals surface area contributed by atoms with Crippen molar-refractivity contribution in [2.75, 3.05) is 11.9 Å². The van der Waals surface area contributed by atoms with Crippen LogP contribution in [0.2, 0.25) is 0 Å². The fraction of sp³-hybridized carbons (Fsp3) is 0.333. The summed E-state index contributed by atoms with van der Waals surface area (Å²) in [4.78, 5) is 13.0. The van der Waals surface area contributed by atoms with Gasteiger partial charge in [0.1, 0.15) is 11.9 Å². The van der Waals surface area contributed by atoms with Crippen molar-refractivity contribution in [3.8, 4) is 0 Å². The highest BCUT2D eigenvalue weighted by Crippen LogP contribution is 2.20. The molecule has 0 aliphatic carbocycles.